The van der Waals surface area contributed by atoms with Crippen molar-refractivity contribution in [1.82, 2.24) is 4.98 Å². The van der Waals surface area contributed by atoms with Crippen LogP contribution < -0.4 is 5.32 Å². The van der Waals surface area contributed by atoms with Gasteiger partial charge < -0.3 is 5.32 Å². The smallest absolute Gasteiger partial charge is 0.125 e. The zero-order chi connectivity index (χ0) is 10.0. The minimum absolute atomic E-state index is 0.553. The molecule has 0 aromatic carbocycles. The Labute approximate surface area is 85.7 Å². The first-order chi connectivity index (χ1) is 6.73. The highest BCUT2D eigenvalue weighted by Gasteiger charge is 2.44. The third-order valence-corrected chi connectivity index (χ3v) is 3.40. The average molecular weight is 190 g/mol. The summed E-state index contributed by atoms with van der Waals surface area (Å²) in [4.78, 5) is 4.26. The first-order valence-corrected chi connectivity index (χ1v) is 5.38. The molecule has 14 heavy (non-hydrogen) atoms. The molecule has 2 nitrogen and oxygen atoms in total. The first-order valence-electron chi connectivity index (χ1n) is 5.38. The molecule has 1 N–H and O–H groups in total. The summed E-state index contributed by atoms with van der Waals surface area (Å²) in [6.45, 7) is 5.70. The van der Waals surface area contributed by atoms with E-state index in [-0.39, 0.29) is 0 Å². The molecule has 1 aliphatic rings. The lowest BCUT2D eigenvalue weighted by atomic mass is 9.92. The number of nitrogens with zero attached hydrogens (tertiary/aromatic N) is 1. The zero-order valence-electron chi connectivity index (χ0n) is 8.96. The second-order valence-electron chi connectivity index (χ2n) is 4.59. The van der Waals surface area contributed by atoms with Gasteiger partial charge in [0.15, 0.2) is 0 Å². The van der Waals surface area contributed by atoms with E-state index in [4.69, 9.17) is 0 Å². The molecule has 1 heterocycles. The lowest BCUT2D eigenvalue weighted by Gasteiger charge is -2.20. The summed E-state index contributed by atoms with van der Waals surface area (Å²) in [6, 6.07) is 5.99. The normalized spacial score (nSPS) is 18.2. The Hall–Kier alpha value is -1.05. The van der Waals surface area contributed by atoms with Gasteiger partial charge in [-0.2, -0.15) is 0 Å². The summed E-state index contributed by atoms with van der Waals surface area (Å²) in [5.74, 6) is 1.78. The number of nitrogens with one attached hydrogen (secondary N) is 1. The second-order valence-corrected chi connectivity index (χ2v) is 4.59. The maximum absolute atomic E-state index is 4.26. The Balaban J connectivity index is 1.89. The Morgan fingerprint density at radius 1 is 1.43 bits per heavy atom. The Kier molecular flexibility index (Phi) is 2.44. The predicted molar refractivity (Wildman–Crippen MR) is 59.2 cm³/mol. The fourth-order valence-electron chi connectivity index (χ4n) is 1.85. The van der Waals surface area contributed by atoms with Crippen LogP contribution in [0.2, 0.25) is 0 Å². The number of rotatable bonds is 4. The molecule has 0 radical (unpaired) electrons. The second kappa shape index (κ2) is 3.60. The summed E-state index contributed by atoms with van der Waals surface area (Å²) < 4.78 is 0. The standard InChI is InChI=1S/C12H18N2/c1-10(2)12(6-7-12)9-14-11-5-3-4-8-13-11/h3-5,8,10H,6-7,9H2,1-2H3,(H,13,14). The predicted octanol–water partition coefficient (Wildman–Crippen LogP) is 2.93. The molecule has 1 fully saturated rings. The molecule has 1 aromatic rings. The zero-order valence-corrected chi connectivity index (χ0v) is 8.96. The van der Waals surface area contributed by atoms with Gasteiger partial charge in [-0.05, 0) is 36.3 Å². The summed E-state index contributed by atoms with van der Waals surface area (Å²) in [6.07, 6.45) is 4.56. The van der Waals surface area contributed by atoms with Crippen molar-refractivity contribution < 1.29 is 0 Å². The van der Waals surface area contributed by atoms with Crippen LogP contribution in [0.25, 0.3) is 0 Å². The molecule has 2 heteroatoms. The van der Waals surface area contributed by atoms with Crippen molar-refractivity contribution in [2.45, 2.75) is 26.7 Å². The van der Waals surface area contributed by atoms with Gasteiger partial charge >= 0.3 is 0 Å². The van der Waals surface area contributed by atoms with Crippen molar-refractivity contribution in [3.05, 3.63) is 24.4 Å². The number of anilines is 1. The number of hydrogen-bond acceptors (Lipinski definition) is 2. The fourth-order valence-corrected chi connectivity index (χ4v) is 1.85. The molecule has 0 saturated heterocycles. The third-order valence-electron chi connectivity index (χ3n) is 3.40. The van der Waals surface area contributed by atoms with Crippen LogP contribution in [0, 0.1) is 11.3 Å². The molecule has 0 atom stereocenters. The quantitative estimate of drug-likeness (QED) is 0.789. The van der Waals surface area contributed by atoms with Gasteiger partial charge in [0.1, 0.15) is 5.82 Å². The molecular formula is C12H18N2. The Morgan fingerprint density at radius 2 is 2.21 bits per heavy atom. The molecule has 0 unspecified atom stereocenters. The van der Waals surface area contributed by atoms with Crippen LogP contribution in [0.3, 0.4) is 0 Å². The lowest BCUT2D eigenvalue weighted by Crippen LogP contribution is -2.21. The van der Waals surface area contributed by atoms with Crippen molar-refractivity contribution in [1.29, 1.82) is 0 Å². The number of pyridine rings is 1. The summed E-state index contributed by atoms with van der Waals surface area (Å²) in [5.41, 5.74) is 0.553. The minimum Gasteiger partial charge on any atom is -0.370 e. The molecule has 0 bridgehead atoms. The third kappa shape index (κ3) is 1.89. The van der Waals surface area contributed by atoms with Gasteiger partial charge in [0.05, 0.1) is 0 Å². The molecule has 1 saturated carbocycles. The number of aromatic nitrogens is 1. The van der Waals surface area contributed by atoms with E-state index >= 15 is 0 Å². The highest BCUT2D eigenvalue weighted by molar-refractivity contribution is 5.34. The van der Waals surface area contributed by atoms with Crippen LogP contribution in [0.1, 0.15) is 26.7 Å². The van der Waals surface area contributed by atoms with Gasteiger partial charge in [0, 0.05) is 12.7 Å². The van der Waals surface area contributed by atoms with Crippen LogP contribution >= 0.6 is 0 Å². The topological polar surface area (TPSA) is 24.9 Å². The van der Waals surface area contributed by atoms with Crippen molar-refractivity contribution in [2.75, 3.05) is 11.9 Å². The van der Waals surface area contributed by atoms with Crippen LogP contribution in [-0.2, 0) is 0 Å². The van der Waals surface area contributed by atoms with E-state index in [2.05, 4.69) is 24.1 Å². The SMILES string of the molecule is CC(C)C1(CNc2ccccn2)CC1. The van der Waals surface area contributed by atoms with Crippen LogP contribution in [-0.4, -0.2) is 11.5 Å². The van der Waals surface area contributed by atoms with Crippen molar-refractivity contribution in [2.24, 2.45) is 11.3 Å². The monoisotopic (exact) mass is 190 g/mol. The molecule has 2 rings (SSSR count). The van der Waals surface area contributed by atoms with Gasteiger partial charge in [-0.1, -0.05) is 19.9 Å². The Morgan fingerprint density at radius 3 is 2.71 bits per heavy atom. The molecule has 1 aliphatic carbocycles. The lowest BCUT2D eigenvalue weighted by molar-refractivity contribution is 0.380. The van der Waals surface area contributed by atoms with Gasteiger partial charge in [-0.25, -0.2) is 4.98 Å². The highest BCUT2D eigenvalue weighted by Crippen LogP contribution is 2.51. The van der Waals surface area contributed by atoms with Crippen molar-refractivity contribution in [3.8, 4) is 0 Å². The molecule has 1 aromatic heterocycles. The molecule has 0 spiro atoms. The van der Waals surface area contributed by atoms with Gasteiger partial charge in [0.25, 0.3) is 0 Å². The maximum Gasteiger partial charge on any atom is 0.125 e. The van der Waals surface area contributed by atoms with E-state index in [1.807, 2.05) is 24.4 Å². The van der Waals surface area contributed by atoms with E-state index in [0.717, 1.165) is 18.3 Å². The largest absolute Gasteiger partial charge is 0.370 e. The van der Waals surface area contributed by atoms with E-state index in [0.29, 0.717) is 5.41 Å². The van der Waals surface area contributed by atoms with E-state index in [9.17, 15) is 0 Å². The van der Waals surface area contributed by atoms with E-state index in [1.165, 1.54) is 12.8 Å². The van der Waals surface area contributed by atoms with Crippen molar-refractivity contribution in [3.63, 3.8) is 0 Å². The highest BCUT2D eigenvalue weighted by atomic mass is 15.0. The van der Waals surface area contributed by atoms with Crippen LogP contribution in [0.15, 0.2) is 24.4 Å². The molecule has 0 aliphatic heterocycles. The van der Waals surface area contributed by atoms with Gasteiger partial charge in [0.2, 0.25) is 0 Å². The van der Waals surface area contributed by atoms with E-state index < -0.39 is 0 Å². The van der Waals surface area contributed by atoms with Crippen LogP contribution in [0.4, 0.5) is 5.82 Å². The molecular weight excluding hydrogens is 172 g/mol. The molecule has 0 amide bonds. The maximum atomic E-state index is 4.26. The first kappa shape index (κ1) is 9.50. The van der Waals surface area contributed by atoms with Gasteiger partial charge in [-0.15, -0.1) is 0 Å². The summed E-state index contributed by atoms with van der Waals surface area (Å²) in [7, 11) is 0. The number of hydrogen-bond donors (Lipinski definition) is 1. The van der Waals surface area contributed by atoms with Gasteiger partial charge in [-0.3, -0.25) is 0 Å². The summed E-state index contributed by atoms with van der Waals surface area (Å²) in [5, 5.41) is 3.42. The fraction of sp³-hybridized carbons (Fsp3) is 0.583. The average Bonchev–Trinajstić information content (AvgIpc) is 2.97. The van der Waals surface area contributed by atoms with Crippen LogP contribution in [0.5, 0.6) is 0 Å². The summed E-state index contributed by atoms with van der Waals surface area (Å²) >= 11 is 0. The molecule has 76 valence electrons. The van der Waals surface area contributed by atoms with Crippen molar-refractivity contribution >= 4 is 5.82 Å². The minimum atomic E-state index is 0.553. The van der Waals surface area contributed by atoms with E-state index in [1.54, 1.807) is 0 Å². The Bertz CT molecular complexity index is 288.